The SMILES string of the molecule is CC(C)c1ccc(OCc2nc(SCC(=O)Nc3ccc(Cl)cc3)n[nH]2)cc1. The molecule has 6 nitrogen and oxygen atoms in total. The molecule has 146 valence electrons. The Balaban J connectivity index is 1.44. The van der Waals surface area contributed by atoms with E-state index in [1.165, 1.54) is 17.3 Å². The van der Waals surface area contributed by atoms with Crippen molar-refractivity contribution < 1.29 is 9.53 Å². The largest absolute Gasteiger partial charge is 0.486 e. The minimum absolute atomic E-state index is 0.139. The lowest BCUT2D eigenvalue weighted by atomic mass is 10.0. The summed E-state index contributed by atoms with van der Waals surface area (Å²) in [6.07, 6.45) is 0. The molecular formula is C20H21ClN4O2S. The van der Waals surface area contributed by atoms with Crippen molar-refractivity contribution in [3.8, 4) is 5.75 Å². The maximum Gasteiger partial charge on any atom is 0.234 e. The average molecular weight is 417 g/mol. The normalized spacial score (nSPS) is 10.9. The van der Waals surface area contributed by atoms with E-state index < -0.39 is 0 Å². The Hall–Kier alpha value is -2.51. The summed E-state index contributed by atoms with van der Waals surface area (Å²) in [5.74, 6) is 1.93. The molecular weight excluding hydrogens is 396 g/mol. The van der Waals surface area contributed by atoms with Gasteiger partial charge in [-0.15, -0.1) is 5.10 Å². The van der Waals surface area contributed by atoms with Crippen molar-refractivity contribution in [1.82, 2.24) is 15.2 Å². The third-order valence-corrected chi connectivity index (χ3v) is 4.99. The highest BCUT2D eigenvalue weighted by molar-refractivity contribution is 7.99. The second-order valence-corrected chi connectivity index (χ2v) is 7.80. The number of nitrogens with one attached hydrogen (secondary N) is 2. The molecule has 3 rings (SSSR count). The molecule has 0 fully saturated rings. The number of benzene rings is 2. The third kappa shape index (κ3) is 6.00. The van der Waals surface area contributed by atoms with Gasteiger partial charge in [0.2, 0.25) is 11.1 Å². The highest BCUT2D eigenvalue weighted by Crippen LogP contribution is 2.20. The second kappa shape index (κ2) is 9.61. The van der Waals surface area contributed by atoms with Crippen LogP contribution in [0.15, 0.2) is 53.7 Å². The minimum atomic E-state index is -0.139. The number of halogens is 1. The number of amides is 1. The van der Waals surface area contributed by atoms with Crippen LogP contribution in [0.3, 0.4) is 0 Å². The van der Waals surface area contributed by atoms with Crippen molar-refractivity contribution in [3.05, 3.63) is 64.9 Å². The van der Waals surface area contributed by atoms with E-state index in [1.807, 2.05) is 12.1 Å². The Morgan fingerprint density at radius 1 is 1.18 bits per heavy atom. The van der Waals surface area contributed by atoms with Crippen LogP contribution < -0.4 is 10.1 Å². The van der Waals surface area contributed by atoms with Gasteiger partial charge in [0, 0.05) is 10.7 Å². The van der Waals surface area contributed by atoms with E-state index in [0.29, 0.717) is 27.6 Å². The van der Waals surface area contributed by atoms with Crippen LogP contribution in [0.1, 0.15) is 31.2 Å². The van der Waals surface area contributed by atoms with Crippen molar-refractivity contribution in [2.45, 2.75) is 31.5 Å². The monoisotopic (exact) mass is 416 g/mol. The van der Waals surface area contributed by atoms with Crippen molar-refractivity contribution in [3.63, 3.8) is 0 Å². The minimum Gasteiger partial charge on any atom is -0.486 e. The van der Waals surface area contributed by atoms with Gasteiger partial charge < -0.3 is 10.1 Å². The van der Waals surface area contributed by atoms with Crippen LogP contribution in [0.2, 0.25) is 5.02 Å². The lowest BCUT2D eigenvalue weighted by Crippen LogP contribution is -2.13. The molecule has 1 amide bonds. The Morgan fingerprint density at radius 3 is 2.57 bits per heavy atom. The number of ether oxygens (including phenoxy) is 1. The second-order valence-electron chi connectivity index (χ2n) is 6.42. The standard InChI is InChI=1S/C20H21ClN4O2S/c1-13(2)14-3-9-17(10-4-14)27-11-18-23-20(25-24-18)28-12-19(26)22-16-7-5-15(21)6-8-16/h3-10,13H,11-12H2,1-2H3,(H,22,26)(H,23,24,25). The topological polar surface area (TPSA) is 79.9 Å². The van der Waals surface area contributed by atoms with E-state index in [4.69, 9.17) is 16.3 Å². The van der Waals surface area contributed by atoms with Crippen LogP contribution in [0.5, 0.6) is 5.75 Å². The van der Waals surface area contributed by atoms with Gasteiger partial charge in [0.1, 0.15) is 12.4 Å². The molecule has 0 saturated heterocycles. The maximum atomic E-state index is 12.0. The molecule has 0 aliphatic carbocycles. The number of anilines is 1. The molecule has 0 unspecified atom stereocenters. The van der Waals surface area contributed by atoms with Gasteiger partial charge in [-0.05, 0) is 47.9 Å². The molecule has 0 aliphatic heterocycles. The van der Waals surface area contributed by atoms with E-state index in [1.54, 1.807) is 24.3 Å². The predicted octanol–water partition coefficient (Wildman–Crippen LogP) is 4.89. The third-order valence-electron chi connectivity index (χ3n) is 3.89. The first kappa shape index (κ1) is 20.2. The van der Waals surface area contributed by atoms with Gasteiger partial charge in [-0.2, -0.15) is 0 Å². The van der Waals surface area contributed by atoms with Crippen LogP contribution in [-0.4, -0.2) is 26.8 Å². The van der Waals surface area contributed by atoms with Crippen LogP contribution >= 0.6 is 23.4 Å². The lowest BCUT2D eigenvalue weighted by molar-refractivity contribution is -0.113. The Kier molecular flexibility index (Phi) is 6.95. The van der Waals surface area contributed by atoms with Crippen LogP contribution in [0.4, 0.5) is 5.69 Å². The summed E-state index contributed by atoms with van der Waals surface area (Å²) in [6.45, 7) is 4.59. The molecule has 0 bridgehead atoms. The van der Waals surface area contributed by atoms with Gasteiger partial charge in [-0.1, -0.05) is 49.3 Å². The zero-order valence-electron chi connectivity index (χ0n) is 15.6. The highest BCUT2D eigenvalue weighted by atomic mass is 35.5. The van der Waals surface area contributed by atoms with Gasteiger partial charge in [0.25, 0.3) is 0 Å². The Morgan fingerprint density at radius 2 is 1.89 bits per heavy atom. The molecule has 0 spiro atoms. The summed E-state index contributed by atoms with van der Waals surface area (Å²) in [5, 5.41) is 10.9. The molecule has 3 aromatic rings. The summed E-state index contributed by atoms with van der Waals surface area (Å²) in [7, 11) is 0. The zero-order valence-corrected chi connectivity index (χ0v) is 17.2. The summed E-state index contributed by atoms with van der Waals surface area (Å²) < 4.78 is 5.72. The number of thioether (sulfide) groups is 1. The lowest BCUT2D eigenvalue weighted by Gasteiger charge is -2.07. The van der Waals surface area contributed by atoms with Crippen LogP contribution in [-0.2, 0) is 11.4 Å². The molecule has 2 aromatic carbocycles. The van der Waals surface area contributed by atoms with Crippen molar-refractivity contribution in [2.24, 2.45) is 0 Å². The Labute approximate surface area is 173 Å². The molecule has 0 saturated carbocycles. The molecule has 2 N–H and O–H groups in total. The summed E-state index contributed by atoms with van der Waals surface area (Å²) in [5.41, 5.74) is 1.96. The molecule has 28 heavy (non-hydrogen) atoms. The van der Waals surface area contributed by atoms with Gasteiger partial charge in [0.05, 0.1) is 5.75 Å². The predicted molar refractivity (Wildman–Crippen MR) is 112 cm³/mol. The zero-order chi connectivity index (χ0) is 19.9. The summed E-state index contributed by atoms with van der Waals surface area (Å²) >= 11 is 7.08. The maximum absolute atomic E-state index is 12.0. The first-order valence-corrected chi connectivity index (χ1v) is 10.2. The highest BCUT2D eigenvalue weighted by Gasteiger charge is 2.09. The fourth-order valence-corrected chi connectivity index (χ4v) is 3.11. The van der Waals surface area contributed by atoms with Gasteiger partial charge >= 0.3 is 0 Å². The number of hydrogen-bond acceptors (Lipinski definition) is 5. The summed E-state index contributed by atoms with van der Waals surface area (Å²) in [6, 6.07) is 15.0. The van der Waals surface area contributed by atoms with E-state index in [2.05, 4.69) is 46.5 Å². The van der Waals surface area contributed by atoms with Gasteiger partial charge in [-0.25, -0.2) is 4.98 Å². The van der Waals surface area contributed by atoms with Crippen LogP contribution in [0, 0.1) is 0 Å². The summed E-state index contributed by atoms with van der Waals surface area (Å²) in [4.78, 5) is 16.3. The molecule has 0 aliphatic rings. The quantitative estimate of drug-likeness (QED) is 0.511. The van der Waals surface area contributed by atoms with E-state index in [9.17, 15) is 4.79 Å². The van der Waals surface area contributed by atoms with Crippen molar-refractivity contribution in [1.29, 1.82) is 0 Å². The van der Waals surface area contributed by atoms with Crippen molar-refractivity contribution in [2.75, 3.05) is 11.1 Å². The molecule has 0 atom stereocenters. The first-order chi connectivity index (χ1) is 13.5. The Bertz CT molecular complexity index is 911. The smallest absolute Gasteiger partial charge is 0.234 e. The first-order valence-electron chi connectivity index (χ1n) is 8.82. The molecule has 0 radical (unpaired) electrons. The van der Waals surface area contributed by atoms with Gasteiger partial charge in [-0.3, -0.25) is 9.89 Å². The van der Waals surface area contributed by atoms with E-state index in [-0.39, 0.29) is 18.3 Å². The van der Waals surface area contributed by atoms with E-state index in [0.717, 1.165) is 5.75 Å². The number of aromatic amines is 1. The molecule has 1 aromatic heterocycles. The van der Waals surface area contributed by atoms with Gasteiger partial charge in [0.15, 0.2) is 5.82 Å². The van der Waals surface area contributed by atoms with Crippen LogP contribution in [0.25, 0.3) is 0 Å². The van der Waals surface area contributed by atoms with E-state index >= 15 is 0 Å². The fraction of sp³-hybridized carbons (Fsp3) is 0.250. The number of carbonyl (C=O) groups excluding carboxylic acids is 1. The number of rotatable bonds is 8. The van der Waals surface area contributed by atoms with Crippen molar-refractivity contribution >= 4 is 35.0 Å². The fourth-order valence-electron chi connectivity index (χ4n) is 2.37. The number of nitrogens with zero attached hydrogens (tertiary/aromatic N) is 2. The number of aromatic nitrogens is 3. The average Bonchev–Trinajstić information content (AvgIpc) is 3.15. The number of H-pyrrole nitrogens is 1. The number of carbonyl (C=O) groups is 1. The molecule has 8 heteroatoms. The molecule has 1 heterocycles. The number of hydrogen-bond donors (Lipinski definition) is 2.